The largest absolute Gasteiger partial charge is 0.507 e. The SMILES string of the molecule is C=C(Cc1ccccc1)c1cc(C(=O)N2Cc3ccc(N4CCNCC4)cc3C2)c(O)cc1NN. The Morgan fingerprint density at radius 3 is 2.49 bits per heavy atom. The van der Waals surface area contributed by atoms with E-state index in [2.05, 4.69) is 40.4 Å². The predicted octanol–water partition coefficient (Wildman–Crippen LogP) is 3.50. The van der Waals surface area contributed by atoms with Crippen molar-refractivity contribution in [1.29, 1.82) is 0 Å². The van der Waals surface area contributed by atoms with Crippen molar-refractivity contribution in [1.82, 2.24) is 10.2 Å². The molecule has 1 fully saturated rings. The molecule has 2 heterocycles. The van der Waals surface area contributed by atoms with Crippen molar-refractivity contribution in [2.75, 3.05) is 36.5 Å². The van der Waals surface area contributed by atoms with Gasteiger partial charge in [0.2, 0.25) is 0 Å². The number of hydrazine groups is 1. The molecule has 0 aliphatic carbocycles. The summed E-state index contributed by atoms with van der Waals surface area (Å²) in [6.07, 6.45) is 0.609. The molecule has 0 atom stereocenters. The molecule has 7 nitrogen and oxygen atoms in total. The lowest BCUT2D eigenvalue weighted by molar-refractivity contribution is 0.0748. The molecule has 3 aromatic rings. The number of anilines is 2. The molecule has 0 spiro atoms. The number of nitrogens with two attached hydrogens (primary N) is 1. The zero-order valence-electron chi connectivity index (χ0n) is 19.8. The highest BCUT2D eigenvalue weighted by Crippen LogP contribution is 2.35. The number of nitrogens with zero attached hydrogens (tertiary/aromatic N) is 2. The molecule has 180 valence electrons. The van der Waals surface area contributed by atoms with Gasteiger partial charge < -0.3 is 25.6 Å². The van der Waals surface area contributed by atoms with Gasteiger partial charge in [0.25, 0.3) is 5.91 Å². The number of nitrogens with one attached hydrogen (secondary N) is 2. The number of amides is 1. The van der Waals surface area contributed by atoms with Crippen LogP contribution in [0.5, 0.6) is 5.75 Å². The minimum absolute atomic E-state index is 0.100. The minimum atomic E-state index is -0.209. The number of hydrogen-bond acceptors (Lipinski definition) is 6. The van der Waals surface area contributed by atoms with Gasteiger partial charge in [0.05, 0.1) is 11.3 Å². The van der Waals surface area contributed by atoms with Crippen LogP contribution >= 0.6 is 0 Å². The first-order valence-corrected chi connectivity index (χ1v) is 12.0. The normalized spacial score (nSPS) is 15.1. The molecule has 0 aromatic heterocycles. The summed E-state index contributed by atoms with van der Waals surface area (Å²) in [6, 6.07) is 19.7. The summed E-state index contributed by atoms with van der Waals surface area (Å²) >= 11 is 0. The van der Waals surface area contributed by atoms with Gasteiger partial charge in [0.1, 0.15) is 5.75 Å². The van der Waals surface area contributed by atoms with Gasteiger partial charge >= 0.3 is 0 Å². The van der Waals surface area contributed by atoms with Gasteiger partial charge in [0, 0.05) is 56.6 Å². The number of nitrogen functional groups attached to an aromatic ring is 1. The van der Waals surface area contributed by atoms with E-state index in [1.54, 1.807) is 11.0 Å². The average molecular weight is 470 g/mol. The maximum absolute atomic E-state index is 13.5. The fraction of sp³-hybridized carbons (Fsp3) is 0.250. The van der Waals surface area contributed by atoms with E-state index in [0.29, 0.717) is 25.2 Å². The molecule has 5 rings (SSSR count). The number of carbonyl (C=O) groups excluding carboxylic acids is 1. The third-order valence-corrected chi connectivity index (χ3v) is 6.84. The highest BCUT2D eigenvalue weighted by molar-refractivity contribution is 5.99. The second-order valence-electron chi connectivity index (χ2n) is 9.18. The fourth-order valence-corrected chi connectivity index (χ4v) is 4.92. The lowest BCUT2D eigenvalue weighted by atomic mass is 9.95. The van der Waals surface area contributed by atoms with Gasteiger partial charge in [-0.3, -0.25) is 10.6 Å². The van der Waals surface area contributed by atoms with Gasteiger partial charge in [-0.2, -0.15) is 0 Å². The number of phenols is 1. The number of carbonyl (C=O) groups is 1. The molecule has 1 amide bonds. The molecular formula is C28H31N5O2. The molecule has 35 heavy (non-hydrogen) atoms. The van der Waals surface area contributed by atoms with Crippen molar-refractivity contribution in [2.45, 2.75) is 19.5 Å². The number of benzene rings is 3. The Hall–Kier alpha value is -3.81. The third kappa shape index (κ3) is 4.73. The topological polar surface area (TPSA) is 93.9 Å². The van der Waals surface area contributed by atoms with Crippen LogP contribution in [0.4, 0.5) is 11.4 Å². The molecule has 0 unspecified atom stereocenters. The Morgan fingerprint density at radius 2 is 1.74 bits per heavy atom. The quantitative estimate of drug-likeness (QED) is 0.326. The monoisotopic (exact) mass is 469 g/mol. The van der Waals surface area contributed by atoms with Crippen molar-refractivity contribution in [3.63, 3.8) is 0 Å². The molecule has 3 aromatic carbocycles. The second kappa shape index (κ2) is 9.82. The highest BCUT2D eigenvalue weighted by Gasteiger charge is 2.28. The van der Waals surface area contributed by atoms with Crippen molar-refractivity contribution >= 4 is 22.9 Å². The fourth-order valence-electron chi connectivity index (χ4n) is 4.92. The number of fused-ring (bicyclic) bond motifs is 1. The maximum Gasteiger partial charge on any atom is 0.258 e. The molecular weight excluding hydrogens is 438 g/mol. The third-order valence-electron chi connectivity index (χ3n) is 6.84. The van der Waals surface area contributed by atoms with E-state index in [9.17, 15) is 9.90 Å². The number of rotatable bonds is 6. The maximum atomic E-state index is 13.5. The van der Waals surface area contributed by atoms with Crippen LogP contribution in [0.2, 0.25) is 0 Å². The standard InChI is InChI=1S/C28H31N5O2/c1-19(13-20-5-3-2-4-6-20)24-15-25(27(34)16-26(24)31-29)28(35)33-17-21-7-8-23(14-22(21)18-33)32-11-9-30-10-12-32/h2-8,14-16,30-31,34H,1,9-13,17-18,29H2. The van der Waals surface area contributed by atoms with Crippen molar-refractivity contribution < 1.29 is 9.90 Å². The van der Waals surface area contributed by atoms with Gasteiger partial charge in [0.15, 0.2) is 0 Å². The van der Waals surface area contributed by atoms with Crippen molar-refractivity contribution in [3.05, 3.63) is 95.1 Å². The summed E-state index contributed by atoms with van der Waals surface area (Å²) in [5.41, 5.74) is 9.55. The number of allylic oxidation sites excluding steroid dienone is 1. The van der Waals surface area contributed by atoms with Gasteiger partial charge in [-0.1, -0.05) is 43.0 Å². The smallest absolute Gasteiger partial charge is 0.258 e. The minimum Gasteiger partial charge on any atom is -0.507 e. The van der Waals surface area contributed by atoms with Gasteiger partial charge in [-0.15, -0.1) is 0 Å². The Kier molecular flexibility index (Phi) is 6.44. The molecule has 5 N–H and O–H groups in total. The van der Waals surface area contributed by atoms with Gasteiger partial charge in [-0.25, -0.2) is 0 Å². The summed E-state index contributed by atoms with van der Waals surface area (Å²) in [6.45, 7) is 9.19. The first kappa shape index (κ1) is 23.0. The highest BCUT2D eigenvalue weighted by atomic mass is 16.3. The summed E-state index contributed by atoms with van der Waals surface area (Å²) in [7, 11) is 0. The van der Waals surface area contributed by atoms with E-state index < -0.39 is 0 Å². The Bertz CT molecular complexity index is 1250. The molecule has 0 radical (unpaired) electrons. The number of phenolic OH excluding ortho intramolecular Hbond substituents is 1. The summed E-state index contributed by atoms with van der Waals surface area (Å²) in [5.74, 6) is 5.42. The summed E-state index contributed by atoms with van der Waals surface area (Å²) in [5, 5.41) is 14.1. The van der Waals surface area contributed by atoms with E-state index in [-0.39, 0.29) is 17.2 Å². The first-order valence-electron chi connectivity index (χ1n) is 12.0. The molecule has 1 saturated heterocycles. The zero-order chi connectivity index (χ0) is 24.4. The number of hydrogen-bond donors (Lipinski definition) is 4. The molecule has 2 aliphatic heterocycles. The van der Waals surface area contributed by atoms with Crippen LogP contribution in [0.25, 0.3) is 5.57 Å². The second-order valence-corrected chi connectivity index (χ2v) is 9.18. The van der Waals surface area contributed by atoms with Crippen LogP contribution in [0.15, 0.2) is 67.2 Å². The van der Waals surface area contributed by atoms with Crippen LogP contribution in [0.1, 0.15) is 32.6 Å². The number of aromatic hydroxyl groups is 1. The Morgan fingerprint density at radius 1 is 1.00 bits per heavy atom. The van der Waals surface area contributed by atoms with E-state index in [1.807, 2.05) is 30.3 Å². The predicted molar refractivity (Wildman–Crippen MR) is 140 cm³/mol. The van der Waals surface area contributed by atoms with Crippen molar-refractivity contribution in [3.8, 4) is 5.75 Å². The summed E-state index contributed by atoms with van der Waals surface area (Å²) in [4.78, 5) is 17.7. The van der Waals surface area contributed by atoms with Gasteiger partial charge in [-0.05, 0) is 46.9 Å². The van der Waals surface area contributed by atoms with Crippen LogP contribution < -0.4 is 21.5 Å². The lowest BCUT2D eigenvalue weighted by Crippen LogP contribution is -2.43. The zero-order valence-corrected chi connectivity index (χ0v) is 19.8. The van der Waals surface area contributed by atoms with Crippen LogP contribution in [0, 0.1) is 0 Å². The van der Waals surface area contributed by atoms with Crippen molar-refractivity contribution in [2.24, 2.45) is 5.84 Å². The average Bonchev–Trinajstić information content (AvgIpc) is 3.32. The summed E-state index contributed by atoms with van der Waals surface area (Å²) < 4.78 is 0. The van der Waals surface area contributed by atoms with Crippen LogP contribution in [-0.4, -0.2) is 42.1 Å². The Labute approximate surface area is 205 Å². The van der Waals surface area contributed by atoms with Crippen LogP contribution in [-0.2, 0) is 19.5 Å². The van der Waals surface area contributed by atoms with E-state index in [1.165, 1.54) is 11.8 Å². The molecule has 7 heteroatoms. The van der Waals surface area contributed by atoms with E-state index >= 15 is 0 Å². The van der Waals surface area contributed by atoms with Crippen LogP contribution in [0.3, 0.4) is 0 Å². The first-order chi connectivity index (χ1) is 17.0. The lowest BCUT2D eigenvalue weighted by Gasteiger charge is -2.29. The Balaban J connectivity index is 1.37. The van der Waals surface area contributed by atoms with E-state index in [4.69, 9.17) is 5.84 Å². The number of piperazine rings is 1. The molecule has 0 saturated carbocycles. The van der Waals surface area contributed by atoms with E-state index in [0.717, 1.165) is 54.0 Å². The molecule has 2 aliphatic rings. The molecule has 0 bridgehead atoms.